The van der Waals surface area contributed by atoms with E-state index >= 15 is 0 Å². The van der Waals surface area contributed by atoms with Gasteiger partial charge in [0.25, 0.3) is 11.8 Å². The van der Waals surface area contributed by atoms with E-state index in [0.29, 0.717) is 24.0 Å². The number of fused-ring (bicyclic) bond motifs is 1. The average Bonchev–Trinajstić information content (AvgIpc) is 3.02. The lowest BCUT2D eigenvalue weighted by Gasteiger charge is -2.26. The Morgan fingerprint density at radius 2 is 1.46 bits per heavy atom. The molecular weight excluding hydrogens is 336 g/mol. The van der Waals surface area contributed by atoms with Crippen LogP contribution in [0.2, 0.25) is 0 Å². The quantitative estimate of drug-likeness (QED) is 0.771. The molecule has 1 saturated heterocycles. The number of likely N-dealkylation sites (tertiary alicyclic amines) is 1. The maximum Gasteiger partial charge on any atom is 0.261 e. The van der Waals surface area contributed by atoms with Gasteiger partial charge in [-0.3, -0.25) is 29.0 Å². The van der Waals surface area contributed by atoms with E-state index in [4.69, 9.17) is 0 Å². The number of nitrogens with zero attached hydrogens (tertiary/aromatic N) is 2. The molecule has 0 saturated carbocycles. The number of carbonyl (C=O) groups excluding carboxylic acids is 4. The first kappa shape index (κ1) is 18.3. The number of aliphatic hydroxyl groups is 1. The molecule has 0 unspecified atom stereocenters. The van der Waals surface area contributed by atoms with Crippen molar-refractivity contribution in [3.63, 3.8) is 0 Å². The SMILES string of the molecule is CCC1(CC)CC(=O)N(C[C@H](O)CN2C(=O)c3ccccc3C2=O)C1=O. The molecule has 1 fully saturated rings. The van der Waals surface area contributed by atoms with E-state index in [0.717, 1.165) is 9.80 Å². The highest BCUT2D eigenvalue weighted by Gasteiger charge is 2.49. The maximum atomic E-state index is 12.6. The molecule has 0 radical (unpaired) electrons. The summed E-state index contributed by atoms with van der Waals surface area (Å²) in [5, 5.41) is 10.3. The van der Waals surface area contributed by atoms with Gasteiger partial charge in [-0.1, -0.05) is 26.0 Å². The van der Waals surface area contributed by atoms with Gasteiger partial charge in [-0.15, -0.1) is 0 Å². The predicted molar refractivity (Wildman–Crippen MR) is 92.2 cm³/mol. The topological polar surface area (TPSA) is 95.0 Å². The number of amides is 4. The zero-order chi connectivity index (χ0) is 19.1. The zero-order valence-corrected chi connectivity index (χ0v) is 14.9. The Hall–Kier alpha value is -2.54. The summed E-state index contributed by atoms with van der Waals surface area (Å²) in [6.07, 6.45) is 0.0612. The number of β-amino-alcohol motifs (C(OH)–C–C–N with tert-alkyl or cyclic N) is 1. The zero-order valence-electron chi connectivity index (χ0n) is 14.9. The molecule has 0 spiro atoms. The lowest BCUT2D eigenvalue weighted by molar-refractivity contribution is -0.143. The Kier molecular flexibility index (Phi) is 4.66. The van der Waals surface area contributed by atoms with Crippen LogP contribution in [-0.2, 0) is 9.59 Å². The van der Waals surface area contributed by atoms with Crippen LogP contribution < -0.4 is 0 Å². The van der Waals surface area contributed by atoms with Crippen LogP contribution in [0, 0.1) is 5.41 Å². The van der Waals surface area contributed by atoms with Gasteiger partial charge in [-0.05, 0) is 25.0 Å². The van der Waals surface area contributed by atoms with Gasteiger partial charge < -0.3 is 5.11 Å². The number of hydrogen-bond acceptors (Lipinski definition) is 5. The van der Waals surface area contributed by atoms with Crippen molar-refractivity contribution in [3.05, 3.63) is 35.4 Å². The summed E-state index contributed by atoms with van der Waals surface area (Å²) in [5.41, 5.74) is -0.102. The van der Waals surface area contributed by atoms with E-state index in [1.165, 1.54) is 0 Å². The van der Waals surface area contributed by atoms with Crippen LogP contribution in [0.4, 0.5) is 0 Å². The molecule has 1 aromatic carbocycles. The Balaban J connectivity index is 1.70. The predicted octanol–water partition coefficient (Wildman–Crippen LogP) is 1.21. The number of rotatable bonds is 6. The lowest BCUT2D eigenvalue weighted by atomic mass is 9.81. The van der Waals surface area contributed by atoms with Gasteiger partial charge >= 0.3 is 0 Å². The maximum absolute atomic E-state index is 12.6. The van der Waals surface area contributed by atoms with Crippen molar-refractivity contribution in [1.82, 2.24) is 9.80 Å². The van der Waals surface area contributed by atoms with E-state index in [9.17, 15) is 24.3 Å². The fourth-order valence-corrected chi connectivity index (χ4v) is 3.73. The lowest BCUT2D eigenvalue weighted by Crippen LogP contribution is -2.45. The first-order valence-corrected chi connectivity index (χ1v) is 8.82. The minimum atomic E-state index is -1.19. The number of benzene rings is 1. The van der Waals surface area contributed by atoms with Crippen molar-refractivity contribution in [2.75, 3.05) is 13.1 Å². The van der Waals surface area contributed by atoms with Gasteiger partial charge in [-0.2, -0.15) is 0 Å². The molecule has 0 bridgehead atoms. The number of aliphatic hydroxyl groups excluding tert-OH is 1. The molecule has 0 aromatic heterocycles. The molecule has 2 heterocycles. The number of hydrogen-bond donors (Lipinski definition) is 1. The Bertz CT molecular complexity index is 749. The third kappa shape index (κ3) is 2.72. The van der Waals surface area contributed by atoms with Crippen molar-refractivity contribution in [2.24, 2.45) is 5.41 Å². The largest absolute Gasteiger partial charge is 0.389 e. The average molecular weight is 358 g/mol. The fourth-order valence-electron chi connectivity index (χ4n) is 3.73. The summed E-state index contributed by atoms with van der Waals surface area (Å²) in [6.45, 7) is 3.27. The van der Waals surface area contributed by atoms with Crippen LogP contribution in [0.15, 0.2) is 24.3 Å². The molecule has 1 atom stereocenters. The van der Waals surface area contributed by atoms with Crippen LogP contribution in [0.3, 0.4) is 0 Å². The van der Waals surface area contributed by atoms with Gasteiger partial charge in [0.15, 0.2) is 0 Å². The van der Waals surface area contributed by atoms with E-state index in [1.807, 2.05) is 13.8 Å². The van der Waals surface area contributed by atoms with Crippen molar-refractivity contribution < 1.29 is 24.3 Å². The van der Waals surface area contributed by atoms with Crippen LogP contribution in [-0.4, -0.2) is 57.7 Å². The van der Waals surface area contributed by atoms with E-state index in [-0.39, 0.29) is 31.3 Å². The molecule has 1 aromatic rings. The minimum Gasteiger partial charge on any atom is -0.389 e. The molecule has 0 aliphatic carbocycles. The van der Waals surface area contributed by atoms with Crippen LogP contribution in [0.25, 0.3) is 0 Å². The van der Waals surface area contributed by atoms with Gasteiger partial charge in [-0.25, -0.2) is 0 Å². The molecule has 7 heteroatoms. The molecule has 4 amide bonds. The minimum absolute atomic E-state index is 0.137. The Labute approximate surface area is 151 Å². The highest BCUT2D eigenvalue weighted by Crippen LogP contribution is 2.39. The molecule has 2 aliphatic heterocycles. The van der Waals surface area contributed by atoms with Crippen molar-refractivity contribution in [1.29, 1.82) is 0 Å². The van der Waals surface area contributed by atoms with Gasteiger partial charge in [0, 0.05) is 6.42 Å². The van der Waals surface area contributed by atoms with E-state index in [1.54, 1.807) is 24.3 Å². The highest BCUT2D eigenvalue weighted by molar-refractivity contribution is 6.21. The summed E-state index contributed by atoms with van der Waals surface area (Å²) in [5.74, 6) is -1.55. The molecule has 3 rings (SSSR count). The van der Waals surface area contributed by atoms with E-state index in [2.05, 4.69) is 0 Å². The van der Waals surface area contributed by atoms with Crippen LogP contribution in [0.5, 0.6) is 0 Å². The summed E-state index contributed by atoms with van der Waals surface area (Å²) in [4.78, 5) is 51.6. The molecule has 2 aliphatic rings. The summed E-state index contributed by atoms with van der Waals surface area (Å²) < 4.78 is 0. The third-order valence-corrected chi connectivity index (χ3v) is 5.51. The molecule has 26 heavy (non-hydrogen) atoms. The second-order valence-electron chi connectivity index (χ2n) is 6.89. The highest BCUT2D eigenvalue weighted by atomic mass is 16.3. The van der Waals surface area contributed by atoms with Crippen molar-refractivity contribution in [2.45, 2.75) is 39.2 Å². The van der Waals surface area contributed by atoms with E-state index < -0.39 is 23.3 Å². The first-order chi connectivity index (χ1) is 12.3. The van der Waals surface area contributed by atoms with Crippen LogP contribution >= 0.6 is 0 Å². The second-order valence-corrected chi connectivity index (χ2v) is 6.89. The first-order valence-electron chi connectivity index (χ1n) is 8.82. The number of carbonyl (C=O) groups is 4. The summed E-state index contributed by atoms with van der Waals surface area (Å²) >= 11 is 0. The van der Waals surface area contributed by atoms with Gasteiger partial charge in [0.1, 0.15) is 0 Å². The van der Waals surface area contributed by atoms with Crippen molar-refractivity contribution in [3.8, 4) is 0 Å². The Morgan fingerprint density at radius 3 is 1.92 bits per heavy atom. The molecule has 1 N–H and O–H groups in total. The Morgan fingerprint density at radius 1 is 0.962 bits per heavy atom. The fraction of sp³-hybridized carbons (Fsp3) is 0.474. The van der Waals surface area contributed by atoms with Crippen LogP contribution in [0.1, 0.15) is 53.8 Å². The molecular formula is C19H22N2O5. The smallest absolute Gasteiger partial charge is 0.261 e. The van der Waals surface area contributed by atoms with Gasteiger partial charge in [0.05, 0.1) is 35.7 Å². The second kappa shape index (κ2) is 6.64. The molecule has 138 valence electrons. The summed E-state index contributed by atoms with van der Waals surface area (Å²) in [7, 11) is 0. The third-order valence-electron chi connectivity index (χ3n) is 5.51. The molecule has 7 nitrogen and oxygen atoms in total. The van der Waals surface area contributed by atoms with Crippen molar-refractivity contribution >= 4 is 23.6 Å². The standard InChI is InChI=1S/C19H22N2O5/c1-3-19(4-2)9-15(23)20(18(19)26)10-12(22)11-21-16(24)13-7-5-6-8-14(13)17(21)25/h5-8,12,22H,3-4,9-11H2,1-2H3/t12-/m0/s1. The number of imide groups is 2. The van der Waals surface area contributed by atoms with Gasteiger partial charge in [0.2, 0.25) is 11.8 Å². The normalized spacial score (nSPS) is 20.1. The monoisotopic (exact) mass is 358 g/mol. The summed E-state index contributed by atoms with van der Waals surface area (Å²) in [6, 6.07) is 6.46.